The standard InChI is InChI=1S/C13H14ClF3N2O3S/c14-10-2-1-9(13(15,16)17)7-11(10)23(21,22)19-5-3-8(4-6-19)12(18)20/h1-2,7-8H,3-6H2,(H2,18,20). The number of amides is 1. The highest BCUT2D eigenvalue weighted by atomic mass is 35.5. The first-order valence-electron chi connectivity index (χ1n) is 6.69. The second-order valence-electron chi connectivity index (χ2n) is 5.22. The number of hydrogen-bond donors (Lipinski definition) is 1. The summed E-state index contributed by atoms with van der Waals surface area (Å²) in [5.74, 6) is -0.947. The molecule has 10 heteroatoms. The van der Waals surface area contributed by atoms with Gasteiger partial charge in [-0.25, -0.2) is 8.42 Å². The van der Waals surface area contributed by atoms with E-state index in [1.54, 1.807) is 0 Å². The van der Waals surface area contributed by atoms with Crippen LogP contribution in [-0.4, -0.2) is 31.7 Å². The van der Waals surface area contributed by atoms with Crippen LogP contribution in [-0.2, 0) is 21.0 Å². The van der Waals surface area contributed by atoms with Crippen LogP contribution in [0.2, 0.25) is 5.02 Å². The van der Waals surface area contributed by atoms with Crippen molar-refractivity contribution >= 4 is 27.5 Å². The minimum atomic E-state index is -4.67. The molecular weight excluding hydrogens is 357 g/mol. The number of nitrogens with zero attached hydrogens (tertiary/aromatic N) is 1. The largest absolute Gasteiger partial charge is 0.416 e. The monoisotopic (exact) mass is 370 g/mol. The number of primary amides is 1. The molecule has 128 valence electrons. The average Bonchev–Trinajstić information content (AvgIpc) is 2.46. The Labute approximate surface area is 136 Å². The van der Waals surface area contributed by atoms with Crippen LogP contribution in [0.25, 0.3) is 0 Å². The van der Waals surface area contributed by atoms with Gasteiger partial charge in [-0.2, -0.15) is 17.5 Å². The van der Waals surface area contributed by atoms with Gasteiger partial charge in [0.25, 0.3) is 0 Å². The molecule has 1 fully saturated rings. The molecule has 0 aromatic heterocycles. The number of rotatable bonds is 3. The zero-order chi connectivity index (χ0) is 17.4. The van der Waals surface area contributed by atoms with E-state index in [1.165, 1.54) is 0 Å². The molecule has 0 bridgehead atoms. The third kappa shape index (κ3) is 3.78. The Bertz CT molecular complexity index is 714. The summed E-state index contributed by atoms with van der Waals surface area (Å²) < 4.78 is 64.4. The van der Waals surface area contributed by atoms with E-state index in [0.29, 0.717) is 6.07 Å². The summed E-state index contributed by atoms with van der Waals surface area (Å²) in [6.07, 6.45) is -4.22. The first-order valence-corrected chi connectivity index (χ1v) is 8.51. The summed E-state index contributed by atoms with van der Waals surface area (Å²) in [6.45, 7) is 0.00499. The second kappa shape index (κ2) is 6.29. The van der Waals surface area contributed by atoms with Crippen molar-refractivity contribution in [2.75, 3.05) is 13.1 Å². The van der Waals surface area contributed by atoms with E-state index in [-0.39, 0.29) is 31.0 Å². The lowest BCUT2D eigenvalue weighted by molar-refractivity contribution is -0.137. The van der Waals surface area contributed by atoms with Crippen molar-refractivity contribution in [3.05, 3.63) is 28.8 Å². The van der Waals surface area contributed by atoms with Crippen LogP contribution >= 0.6 is 11.6 Å². The normalized spacial score (nSPS) is 18.1. The molecule has 0 aliphatic carbocycles. The lowest BCUT2D eigenvalue weighted by Crippen LogP contribution is -2.41. The molecular formula is C13H14ClF3N2O3S. The highest BCUT2D eigenvalue weighted by Gasteiger charge is 2.36. The fourth-order valence-electron chi connectivity index (χ4n) is 2.40. The van der Waals surface area contributed by atoms with E-state index >= 15 is 0 Å². The van der Waals surface area contributed by atoms with Crippen molar-refractivity contribution < 1.29 is 26.4 Å². The first-order chi connectivity index (χ1) is 10.5. The minimum Gasteiger partial charge on any atom is -0.369 e. The molecule has 0 spiro atoms. The summed E-state index contributed by atoms with van der Waals surface area (Å²) in [5.41, 5.74) is 4.08. The van der Waals surface area contributed by atoms with Crippen molar-refractivity contribution in [1.82, 2.24) is 4.31 Å². The van der Waals surface area contributed by atoms with Gasteiger partial charge in [-0.3, -0.25) is 4.79 Å². The molecule has 1 amide bonds. The van der Waals surface area contributed by atoms with Crippen molar-refractivity contribution in [2.24, 2.45) is 11.7 Å². The van der Waals surface area contributed by atoms with Gasteiger partial charge in [0.05, 0.1) is 10.6 Å². The quantitative estimate of drug-likeness (QED) is 0.886. The average molecular weight is 371 g/mol. The van der Waals surface area contributed by atoms with Crippen LogP contribution in [0, 0.1) is 5.92 Å². The van der Waals surface area contributed by atoms with Crippen molar-refractivity contribution in [3.63, 3.8) is 0 Å². The van der Waals surface area contributed by atoms with Crippen molar-refractivity contribution in [2.45, 2.75) is 23.9 Å². The molecule has 1 aliphatic heterocycles. The predicted octanol–water partition coefficient (Wildman–Crippen LogP) is 2.24. The van der Waals surface area contributed by atoms with E-state index < -0.39 is 38.5 Å². The third-order valence-electron chi connectivity index (χ3n) is 3.73. The molecule has 2 rings (SSSR count). The maximum atomic E-state index is 12.8. The summed E-state index contributed by atoms with van der Waals surface area (Å²) in [5, 5.41) is -0.282. The number of sulfonamides is 1. The number of nitrogens with two attached hydrogens (primary N) is 1. The molecule has 2 N–H and O–H groups in total. The molecule has 1 aromatic rings. The number of carbonyl (C=O) groups excluding carboxylic acids is 1. The van der Waals surface area contributed by atoms with Gasteiger partial charge in [0.2, 0.25) is 15.9 Å². The van der Waals surface area contributed by atoms with Crippen LogP contribution in [0.4, 0.5) is 13.2 Å². The van der Waals surface area contributed by atoms with Gasteiger partial charge in [-0.15, -0.1) is 0 Å². The SMILES string of the molecule is NC(=O)C1CCN(S(=O)(=O)c2cc(C(F)(F)F)ccc2Cl)CC1. The van der Waals surface area contributed by atoms with Crippen molar-refractivity contribution in [1.29, 1.82) is 0 Å². The number of piperidine rings is 1. The summed E-state index contributed by atoms with van der Waals surface area (Å²) in [7, 11) is -4.18. The number of alkyl halides is 3. The molecule has 5 nitrogen and oxygen atoms in total. The Balaban J connectivity index is 2.32. The maximum absolute atomic E-state index is 12.8. The lowest BCUT2D eigenvalue weighted by atomic mass is 9.98. The number of hydrogen-bond acceptors (Lipinski definition) is 3. The maximum Gasteiger partial charge on any atom is 0.416 e. The molecule has 1 heterocycles. The number of halogens is 4. The molecule has 0 atom stereocenters. The topological polar surface area (TPSA) is 80.5 Å². The predicted molar refractivity (Wildman–Crippen MR) is 77.1 cm³/mol. The fourth-order valence-corrected chi connectivity index (χ4v) is 4.37. The molecule has 1 aromatic carbocycles. The Morgan fingerprint density at radius 3 is 2.30 bits per heavy atom. The van der Waals surface area contributed by atoms with Crippen LogP contribution in [0.15, 0.2) is 23.1 Å². The summed E-state index contributed by atoms with van der Waals surface area (Å²) >= 11 is 5.78. The van der Waals surface area contributed by atoms with Gasteiger partial charge in [-0.05, 0) is 31.0 Å². The molecule has 0 radical (unpaired) electrons. The summed E-state index contributed by atoms with van der Waals surface area (Å²) in [4.78, 5) is 10.5. The minimum absolute atomic E-state index is 0.00249. The number of carbonyl (C=O) groups is 1. The highest BCUT2D eigenvalue weighted by molar-refractivity contribution is 7.89. The van der Waals surface area contributed by atoms with Gasteiger partial charge in [0, 0.05) is 19.0 Å². The van der Waals surface area contributed by atoms with Crippen molar-refractivity contribution in [3.8, 4) is 0 Å². The Hall–Kier alpha value is -1.32. The van der Waals surface area contributed by atoms with E-state index in [9.17, 15) is 26.4 Å². The zero-order valence-corrected chi connectivity index (χ0v) is 13.4. The Morgan fingerprint density at radius 1 is 1.26 bits per heavy atom. The van der Waals surface area contributed by atoms with E-state index in [4.69, 9.17) is 17.3 Å². The molecule has 23 heavy (non-hydrogen) atoms. The zero-order valence-electron chi connectivity index (χ0n) is 11.8. The van der Waals surface area contributed by atoms with Crippen LogP contribution < -0.4 is 5.73 Å². The third-order valence-corrected chi connectivity index (χ3v) is 6.11. The molecule has 0 unspecified atom stereocenters. The van der Waals surface area contributed by atoms with Gasteiger partial charge < -0.3 is 5.73 Å². The van der Waals surface area contributed by atoms with Gasteiger partial charge in [0.15, 0.2) is 0 Å². The van der Waals surface area contributed by atoms with E-state index in [2.05, 4.69) is 0 Å². The molecule has 1 aliphatic rings. The fraction of sp³-hybridized carbons (Fsp3) is 0.462. The van der Waals surface area contributed by atoms with Crippen LogP contribution in [0.3, 0.4) is 0 Å². The van der Waals surface area contributed by atoms with E-state index in [1.807, 2.05) is 0 Å². The first kappa shape index (κ1) is 18.0. The Morgan fingerprint density at radius 2 is 1.83 bits per heavy atom. The summed E-state index contributed by atoms with van der Waals surface area (Å²) in [6, 6.07) is 2.16. The number of benzene rings is 1. The smallest absolute Gasteiger partial charge is 0.369 e. The molecule has 1 saturated heterocycles. The Kier molecular flexibility index (Phi) is 4.93. The molecule has 0 saturated carbocycles. The van der Waals surface area contributed by atoms with Gasteiger partial charge in [-0.1, -0.05) is 11.6 Å². The highest BCUT2D eigenvalue weighted by Crippen LogP contribution is 2.35. The van der Waals surface area contributed by atoms with E-state index in [0.717, 1.165) is 16.4 Å². The van der Waals surface area contributed by atoms with Gasteiger partial charge in [0.1, 0.15) is 4.90 Å². The van der Waals surface area contributed by atoms with Crippen LogP contribution in [0.5, 0.6) is 0 Å². The second-order valence-corrected chi connectivity index (χ2v) is 7.54. The van der Waals surface area contributed by atoms with Crippen LogP contribution in [0.1, 0.15) is 18.4 Å². The van der Waals surface area contributed by atoms with Gasteiger partial charge >= 0.3 is 6.18 Å². The lowest BCUT2D eigenvalue weighted by Gasteiger charge is -2.30.